The zero-order valence-electron chi connectivity index (χ0n) is 13.8. The zero-order valence-corrected chi connectivity index (χ0v) is 14.6. The van der Waals surface area contributed by atoms with Gasteiger partial charge >= 0.3 is 0 Å². The highest BCUT2D eigenvalue weighted by molar-refractivity contribution is 6.31. The van der Waals surface area contributed by atoms with Crippen LogP contribution < -0.4 is 10.1 Å². The van der Waals surface area contributed by atoms with Gasteiger partial charge in [-0.05, 0) is 48.7 Å². The third-order valence-corrected chi connectivity index (χ3v) is 4.27. The van der Waals surface area contributed by atoms with Crippen LogP contribution in [0.2, 0.25) is 5.02 Å². The summed E-state index contributed by atoms with van der Waals surface area (Å²) >= 11 is 5.97. The summed E-state index contributed by atoms with van der Waals surface area (Å²) in [5.41, 5.74) is 1.05. The van der Waals surface area contributed by atoms with Gasteiger partial charge in [0.15, 0.2) is 0 Å². The maximum Gasteiger partial charge on any atom is 0.262 e. The van der Waals surface area contributed by atoms with E-state index in [1.54, 1.807) is 30.3 Å². The average Bonchev–Trinajstić information content (AvgIpc) is 3.44. The molecule has 2 aromatic carbocycles. The fourth-order valence-electron chi connectivity index (χ4n) is 2.29. The van der Waals surface area contributed by atoms with Crippen LogP contribution in [0.1, 0.15) is 24.0 Å². The Balaban J connectivity index is 1.65. The topological polar surface area (TPSA) is 62.1 Å². The summed E-state index contributed by atoms with van der Waals surface area (Å²) < 4.78 is 19.3. The number of nitrogens with zero attached hydrogens (tertiary/aromatic N) is 1. The van der Waals surface area contributed by atoms with Crippen molar-refractivity contribution in [2.24, 2.45) is 0 Å². The Labute approximate surface area is 155 Å². The molecule has 0 radical (unpaired) electrons. The number of carbonyl (C=O) groups excluding carboxylic acids is 1. The highest BCUT2D eigenvalue weighted by Crippen LogP contribution is 2.22. The molecule has 0 bridgehead atoms. The molecule has 0 spiro atoms. The number of nitrogens with one attached hydrogen (secondary N) is 1. The van der Waals surface area contributed by atoms with Gasteiger partial charge in [0.25, 0.3) is 5.91 Å². The smallest absolute Gasteiger partial charge is 0.262 e. The molecule has 1 saturated carbocycles. The van der Waals surface area contributed by atoms with Crippen molar-refractivity contribution >= 4 is 23.6 Å². The molecule has 6 heteroatoms. The van der Waals surface area contributed by atoms with E-state index in [1.807, 2.05) is 6.07 Å². The van der Waals surface area contributed by atoms with Crippen LogP contribution in [-0.2, 0) is 11.4 Å². The second-order valence-corrected chi connectivity index (χ2v) is 6.38. The van der Waals surface area contributed by atoms with E-state index >= 15 is 0 Å². The van der Waals surface area contributed by atoms with Crippen LogP contribution in [-0.4, -0.2) is 11.9 Å². The molecule has 132 valence electrons. The second kappa shape index (κ2) is 8.03. The Morgan fingerprint density at radius 2 is 2.04 bits per heavy atom. The van der Waals surface area contributed by atoms with Crippen LogP contribution in [0.4, 0.5) is 4.39 Å². The summed E-state index contributed by atoms with van der Waals surface area (Å²) in [4.78, 5) is 11.9. The molecule has 2 aromatic rings. The molecule has 1 fully saturated rings. The quantitative estimate of drug-likeness (QED) is 0.611. The van der Waals surface area contributed by atoms with Crippen LogP contribution in [0.15, 0.2) is 48.0 Å². The first-order chi connectivity index (χ1) is 12.6. The highest BCUT2D eigenvalue weighted by atomic mass is 35.5. The maximum atomic E-state index is 13.7. The number of halogens is 2. The van der Waals surface area contributed by atoms with E-state index in [2.05, 4.69) is 5.32 Å². The summed E-state index contributed by atoms with van der Waals surface area (Å²) in [5, 5.41) is 12.2. The van der Waals surface area contributed by atoms with Gasteiger partial charge in [0.05, 0.1) is 5.02 Å². The molecule has 0 saturated heterocycles. The molecule has 0 aliphatic heterocycles. The van der Waals surface area contributed by atoms with Gasteiger partial charge in [0.1, 0.15) is 29.8 Å². The molecule has 1 N–H and O–H groups in total. The monoisotopic (exact) mass is 370 g/mol. The minimum Gasteiger partial charge on any atom is -0.489 e. The van der Waals surface area contributed by atoms with Gasteiger partial charge in [-0.3, -0.25) is 4.79 Å². The van der Waals surface area contributed by atoms with E-state index in [0.717, 1.165) is 12.8 Å². The first kappa shape index (κ1) is 18.0. The van der Waals surface area contributed by atoms with E-state index < -0.39 is 5.82 Å². The second-order valence-electron chi connectivity index (χ2n) is 5.98. The third-order valence-electron chi connectivity index (χ3n) is 3.91. The van der Waals surface area contributed by atoms with Crippen molar-refractivity contribution in [1.29, 1.82) is 5.26 Å². The third kappa shape index (κ3) is 4.62. The summed E-state index contributed by atoms with van der Waals surface area (Å²) in [6.45, 7) is 0.00787. The lowest BCUT2D eigenvalue weighted by molar-refractivity contribution is -0.117. The van der Waals surface area contributed by atoms with E-state index in [9.17, 15) is 9.18 Å². The van der Waals surface area contributed by atoms with Crippen molar-refractivity contribution in [3.05, 3.63) is 70.0 Å². The fraction of sp³-hybridized carbons (Fsp3) is 0.200. The van der Waals surface area contributed by atoms with E-state index in [-0.39, 0.29) is 24.1 Å². The Morgan fingerprint density at radius 3 is 2.65 bits per heavy atom. The first-order valence-electron chi connectivity index (χ1n) is 8.15. The summed E-state index contributed by atoms with van der Waals surface area (Å²) in [6.07, 6.45) is 3.44. The molecule has 0 heterocycles. The van der Waals surface area contributed by atoms with Crippen LogP contribution >= 0.6 is 11.6 Å². The number of amides is 1. The van der Waals surface area contributed by atoms with Gasteiger partial charge in [-0.1, -0.05) is 29.8 Å². The molecule has 1 amide bonds. The molecular weight excluding hydrogens is 355 g/mol. The van der Waals surface area contributed by atoms with Gasteiger partial charge in [-0.15, -0.1) is 0 Å². The SMILES string of the molecule is N#C/C(=C\c1ccc(OCc2c(F)cccc2Cl)cc1)C(=O)NC1CC1. The van der Waals surface area contributed by atoms with E-state index in [1.165, 1.54) is 18.2 Å². The molecule has 4 nitrogen and oxygen atoms in total. The van der Waals surface area contributed by atoms with Gasteiger partial charge in [-0.25, -0.2) is 4.39 Å². The largest absolute Gasteiger partial charge is 0.489 e. The normalized spacial score (nSPS) is 13.8. The minimum atomic E-state index is -0.419. The number of hydrogen-bond donors (Lipinski definition) is 1. The lowest BCUT2D eigenvalue weighted by Crippen LogP contribution is -2.26. The average molecular weight is 371 g/mol. The molecule has 0 aromatic heterocycles. The highest BCUT2D eigenvalue weighted by Gasteiger charge is 2.24. The van der Waals surface area contributed by atoms with Crippen molar-refractivity contribution in [1.82, 2.24) is 5.32 Å². The summed E-state index contributed by atoms with van der Waals surface area (Å²) in [5.74, 6) is -0.246. The van der Waals surface area contributed by atoms with Crippen molar-refractivity contribution in [3.8, 4) is 11.8 Å². The summed E-state index contributed by atoms with van der Waals surface area (Å²) in [6, 6.07) is 13.4. The Kier molecular flexibility index (Phi) is 5.55. The van der Waals surface area contributed by atoms with Gasteiger partial charge < -0.3 is 10.1 Å². The minimum absolute atomic E-state index is 0.00787. The Morgan fingerprint density at radius 1 is 1.31 bits per heavy atom. The van der Waals surface area contributed by atoms with Crippen molar-refractivity contribution in [3.63, 3.8) is 0 Å². The fourth-order valence-corrected chi connectivity index (χ4v) is 2.51. The van der Waals surface area contributed by atoms with Crippen LogP contribution in [0.25, 0.3) is 6.08 Å². The zero-order chi connectivity index (χ0) is 18.5. The van der Waals surface area contributed by atoms with E-state index in [0.29, 0.717) is 21.9 Å². The number of benzene rings is 2. The van der Waals surface area contributed by atoms with Gasteiger partial charge in [0.2, 0.25) is 0 Å². The van der Waals surface area contributed by atoms with E-state index in [4.69, 9.17) is 21.6 Å². The number of nitriles is 1. The number of rotatable bonds is 6. The van der Waals surface area contributed by atoms with Crippen LogP contribution in [0, 0.1) is 17.1 Å². The van der Waals surface area contributed by atoms with Crippen molar-refractivity contribution in [2.75, 3.05) is 0 Å². The van der Waals surface area contributed by atoms with Crippen LogP contribution in [0.3, 0.4) is 0 Å². The van der Waals surface area contributed by atoms with Gasteiger partial charge in [0, 0.05) is 11.6 Å². The van der Waals surface area contributed by atoms with Crippen LogP contribution in [0.5, 0.6) is 5.75 Å². The predicted octanol–water partition coefficient (Wildman–Crippen LogP) is 4.24. The lowest BCUT2D eigenvalue weighted by Gasteiger charge is -2.09. The molecule has 0 atom stereocenters. The molecule has 3 rings (SSSR count). The molecule has 26 heavy (non-hydrogen) atoms. The predicted molar refractivity (Wildman–Crippen MR) is 96.9 cm³/mol. The van der Waals surface area contributed by atoms with Crippen molar-refractivity contribution < 1.29 is 13.9 Å². The number of hydrogen-bond acceptors (Lipinski definition) is 3. The number of carbonyl (C=O) groups is 1. The van der Waals surface area contributed by atoms with Crippen molar-refractivity contribution in [2.45, 2.75) is 25.5 Å². The lowest BCUT2D eigenvalue weighted by atomic mass is 10.1. The number of ether oxygens (including phenoxy) is 1. The molecule has 1 aliphatic carbocycles. The first-order valence-corrected chi connectivity index (χ1v) is 8.53. The van der Waals surface area contributed by atoms with Gasteiger partial charge in [-0.2, -0.15) is 5.26 Å². The maximum absolute atomic E-state index is 13.7. The summed E-state index contributed by atoms with van der Waals surface area (Å²) in [7, 11) is 0. The molecule has 0 unspecified atom stereocenters. The molecular formula is C20H16ClFN2O2. The Bertz CT molecular complexity index is 863. The standard InChI is InChI=1S/C20H16ClFN2O2/c21-18-2-1-3-19(22)17(18)12-26-16-8-4-13(5-9-16)10-14(11-23)20(25)24-15-6-7-15/h1-5,8-10,15H,6-7,12H2,(H,24,25)/b14-10+. The molecule has 1 aliphatic rings. The Hall–Kier alpha value is -2.84.